The fourth-order valence-corrected chi connectivity index (χ4v) is 5.63. The van der Waals surface area contributed by atoms with Crippen molar-refractivity contribution in [3.63, 3.8) is 0 Å². The van der Waals surface area contributed by atoms with E-state index in [2.05, 4.69) is 0 Å². The molecule has 2 heterocycles. The van der Waals surface area contributed by atoms with Gasteiger partial charge in [0, 0.05) is 16.0 Å². The van der Waals surface area contributed by atoms with Crippen LogP contribution in [0, 0.1) is 0 Å². The number of ketones is 1. The lowest BCUT2D eigenvalue weighted by Crippen LogP contribution is -2.28. The molecule has 1 N–H and O–H groups in total. The van der Waals surface area contributed by atoms with E-state index in [1.165, 1.54) is 16.2 Å². The molecule has 6 nitrogen and oxygen atoms in total. The second-order valence-corrected chi connectivity index (χ2v) is 11.7. The van der Waals surface area contributed by atoms with Gasteiger partial charge in [0.2, 0.25) is 0 Å². The Labute approximate surface area is 238 Å². The average molecular weight is 554 g/mol. The highest BCUT2D eigenvalue weighted by Gasteiger charge is 2.46. The Morgan fingerprint density at radius 1 is 0.925 bits per heavy atom. The Morgan fingerprint density at radius 2 is 1.68 bits per heavy atom. The van der Waals surface area contributed by atoms with E-state index in [9.17, 15) is 14.7 Å². The molecule has 1 saturated heterocycles. The van der Waals surface area contributed by atoms with Gasteiger partial charge in [0.1, 0.15) is 23.0 Å². The predicted octanol–water partition coefficient (Wildman–Crippen LogP) is 7.47. The molecular formula is C33H31NO5S. The number of thiophene rings is 1. The van der Waals surface area contributed by atoms with Gasteiger partial charge < -0.3 is 19.5 Å². The molecule has 1 aromatic heterocycles. The van der Waals surface area contributed by atoms with Crippen molar-refractivity contribution in [1.82, 2.24) is 4.90 Å². The van der Waals surface area contributed by atoms with E-state index in [1.54, 1.807) is 19.2 Å². The molecule has 1 aliphatic rings. The van der Waals surface area contributed by atoms with Gasteiger partial charge in [0.15, 0.2) is 0 Å². The van der Waals surface area contributed by atoms with Crippen LogP contribution in [0.25, 0.3) is 5.76 Å². The lowest BCUT2D eigenvalue weighted by atomic mass is 9.84. The molecule has 7 heteroatoms. The molecule has 0 radical (unpaired) electrons. The number of rotatable bonds is 7. The van der Waals surface area contributed by atoms with Gasteiger partial charge in [-0.1, -0.05) is 57.2 Å². The van der Waals surface area contributed by atoms with Gasteiger partial charge >= 0.3 is 0 Å². The van der Waals surface area contributed by atoms with E-state index >= 15 is 0 Å². The molecule has 4 aromatic rings. The number of aliphatic hydroxyl groups excluding tert-OH is 1. The number of carbonyl (C=O) groups excluding carboxylic acids is 2. The molecule has 1 fully saturated rings. The Morgan fingerprint density at radius 3 is 2.35 bits per heavy atom. The van der Waals surface area contributed by atoms with Gasteiger partial charge in [0.25, 0.3) is 11.7 Å². The average Bonchev–Trinajstić information content (AvgIpc) is 3.55. The first-order chi connectivity index (χ1) is 19.2. The number of para-hydroxylation sites is 1. The summed E-state index contributed by atoms with van der Waals surface area (Å²) in [6.45, 7) is 6.38. The summed E-state index contributed by atoms with van der Waals surface area (Å²) < 4.78 is 11.6. The number of Topliss-reactive ketones (excluding diaryl/α,β-unsaturated/α-hetero) is 1. The highest BCUT2D eigenvalue weighted by Crippen LogP contribution is 2.43. The quantitative estimate of drug-likeness (QED) is 0.146. The number of benzene rings is 3. The normalized spacial score (nSPS) is 16.8. The molecule has 1 unspecified atom stereocenters. The number of ether oxygens (including phenoxy) is 2. The van der Waals surface area contributed by atoms with Crippen LogP contribution in [-0.4, -0.2) is 28.8 Å². The van der Waals surface area contributed by atoms with Gasteiger partial charge in [-0.25, -0.2) is 0 Å². The first-order valence-electron chi connectivity index (χ1n) is 13.0. The van der Waals surface area contributed by atoms with Crippen molar-refractivity contribution in [3.8, 4) is 17.2 Å². The molecule has 0 spiro atoms. The summed E-state index contributed by atoms with van der Waals surface area (Å²) in [6, 6.07) is 25.0. The first-order valence-corrected chi connectivity index (χ1v) is 13.9. The van der Waals surface area contributed by atoms with Crippen molar-refractivity contribution in [2.45, 2.75) is 38.8 Å². The number of methoxy groups -OCH3 is 1. The number of amides is 1. The van der Waals surface area contributed by atoms with Crippen molar-refractivity contribution in [2.24, 2.45) is 0 Å². The Balaban J connectivity index is 1.64. The molecule has 5 rings (SSSR count). The van der Waals surface area contributed by atoms with E-state index in [0.717, 1.165) is 10.4 Å². The van der Waals surface area contributed by atoms with Crippen LogP contribution >= 0.6 is 11.3 Å². The summed E-state index contributed by atoms with van der Waals surface area (Å²) in [6.07, 6.45) is 0. The summed E-state index contributed by atoms with van der Waals surface area (Å²) in [7, 11) is 1.60. The molecule has 1 aliphatic heterocycles. The van der Waals surface area contributed by atoms with Gasteiger partial charge in [-0.2, -0.15) is 0 Å². The zero-order valence-electron chi connectivity index (χ0n) is 22.9. The minimum Gasteiger partial charge on any atom is -0.507 e. The zero-order valence-corrected chi connectivity index (χ0v) is 23.7. The molecular weight excluding hydrogens is 522 g/mol. The Bertz CT molecular complexity index is 1570. The first kappa shape index (κ1) is 27.2. The zero-order chi connectivity index (χ0) is 28.4. The lowest BCUT2D eigenvalue weighted by Gasteiger charge is -2.26. The maximum Gasteiger partial charge on any atom is 0.295 e. The molecule has 3 aromatic carbocycles. The van der Waals surface area contributed by atoms with Crippen LogP contribution in [-0.2, 0) is 21.5 Å². The van der Waals surface area contributed by atoms with Crippen molar-refractivity contribution >= 4 is 28.8 Å². The van der Waals surface area contributed by atoms with Gasteiger partial charge in [-0.15, -0.1) is 11.3 Å². The molecule has 40 heavy (non-hydrogen) atoms. The van der Waals surface area contributed by atoms with Crippen LogP contribution < -0.4 is 9.47 Å². The number of likely N-dealkylation sites (tertiary alicyclic amines) is 1. The highest BCUT2D eigenvalue weighted by atomic mass is 32.1. The summed E-state index contributed by atoms with van der Waals surface area (Å²) in [5.41, 5.74) is 1.75. The van der Waals surface area contributed by atoms with E-state index < -0.39 is 17.7 Å². The second kappa shape index (κ2) is 11.0. The van der Waals surface area contributed by atoms with Crippen LogP contribution in [0.2, 0.25) is 0 Å². The Hall–Kier alpha value is -4.36. The van der Waals surface area contributed by atoms with E-state index in [1.807, 2.05) is 98.9 Å². The van der Waals surface area contributed by atoms with Gasteiger partial charge in [-0.3, -0.25) is 9.59 Å². The topological polar surface area (TPSA) is 76.1 Å². The molecule has 0 saturated carbocycles. The Kier molecular flexibility index (Phi) is 7.50. The van der Waals surface area contributed by atoms with Crippen LogP contribution in [0.15, 0.2) is 95.9 Å². The SMILES string of the molecule is COc1ccc(/C(O)=C2\C(=O)C(=O)N(Cc3cccs3)C2c2cccc(Oc3ccccc3)c2)cc1C(C)(C)C. The number of nitrogens with zero attached hydrogens (tertiary/aromatic N) is 1. The fraction of sp³-hybridized carbons (Fsp3) is 0.212. The number of aliphatic hydroxyl groups is 1. The number of hydrogen-bond acceptors (Lipinski definition) is 6. The predicted molar refractivity (Wildman–Crippen MR) is 157 cm³/mol. The molecule has 0 bridgehead atoms. The van der Waals surface area contributed by atoms with Crippen LogP contribution in [0.4, 0.5) is 0 Å². The third-order valence-corrected chi connectivity index (χ3v) is 7.74. The largest absolute Gasteiger partial charge is 0.507 e. The van der Waals surface area contributed by atoms with E-state index in [4.69, 9.17) is 9.47 Å². The third-order valence-electron chi connectivity index (χ3n) is 6.88. The molecule has 1 amide bonds. The molecule has 204 valence electrons. The lowest BCUT2D eigenvalue weighted by molar-refractivity contribution is -0.140. The van der Waals surface area contributed by atoms with Gasteiger partial charge in [0.05, 0.1) is 25.3 Å². The van der Waals surface area contributed by atoms with Crippen molar-refractivity contribution < 1.29 is 24.2 Å². The number of carbonyl (C=O) groups is 2. The maximum atomic E-state index is 13.6. The standard InChI is InChI=1S/C33H31NO5S/c1-33(2,3)26-19-22(15-16-27(26)38-4)30(35)28-29(34(32(37)31(28)36)20-25-14-9-17-40-25)21-10-8-13-24(18-21)39-23-11-6-5-7-12-23/h5-19,29,35H,20H2,1-4H3/b30-28+. The third kappa shape index (κ3) is 5.38. The minimum atomic E-state index is -0.804. The monoisotopic (exact) mass is 553 g/mol. The van der Waals surface area contributed by atoms with E-state index in [-0.39, 0.29) is 23.3 Å². The fourth-order valence-electron chi connectivity index (χ4n) is 4.93. The van der Waals surface area contributed by atoms with Gasteiger partial charge in [-0.05, 0) is 64.9 Å². The minimum absolute atomic E-state index is 0.0449. The van der Waals surface area contributed by atoms with Crippen molar-refractivity contribution in [3.05, 3.63) is 117 Å². The van der Waals surface area contributed by atoms with Crippen LogP contribution in [0.1, 0.15) is 48.4 Å². The highest BCUT2D eigenvalue weighted by molar-refractivity contribution is 7.09. The maximum absolute atomic E-state index is 13.6. The second-order valence-electron chi connectivity index (χ2n) is 10.7. The number of hydrogen-bond donors (Lipinski definition) is 1. The summed E-state index contributed by atoms with van der Waals surface area (Å²) in [5.74, 6) is 0.314. The smallest absolute Gasteiger partial charge is 0.295 e. The molecule has 1 atom stereocenters. The summed E-state index contributed by atoms with van der Waals surface area (Å²) in [5, 5.41) is 13.6. The molecule has 0 aliphatic carbocycles. The van der Waals surface area contributed by atoms with Crippen molar-refractivity contribution in [2.75, 3.05) is 7.11 Å². The summed E-state index contributed by atoms with van der Waals surface area (Å²) in [4.78, 5) is 29.5. The summed E-state index contributed by atoms with van der Waals surface area (Å²) >= 11 is 1.51. The van der Waals surface area contributed by atoms with Crippen molar-refractivity contribution in [1.29, 1.82) is 0 Å². The van der Waals surface area contributed by atoms with Crippen LogP contribution in [0.3, 0.4) is 0 Å². The van der Waals surface area contributed by atoms with Crippen LogP contribution in [0.5, 0.6) is 17.2 Å². The van der Waals surface area contributed by atoms with E-state index in [0.29, 0.717) is 28.4 Å².